The number of hydrogen-bond donors (Lipinski definition) is 3. The molecule has 0 bridgehead atoms. The van der Waals surface area contributed by atoms with Crippen molar-refractivity contribution >= 4 is 28.7 Å². The van der Waals surface area contributed by atoms with Crippen LogP contribution in [0.3, 0.4) is 0 Å². The molecule has 2 aromatic carbocycles. The first-order chi connectivity index (χ1) is 14.3. The van der Waals surface area contributed by atoms with Crippen LogP contribution >= 0.6 is 0 Å². The van der Waals surface area contributed by atoms with E-state index in [4.69, 9.17) is 0 Å². The normalized spacial score (nSPS) is 12.9. The molecule has 0 radical (unpaired) electrons. The molecule has 7 nitrogen and oxygen atoms in total. The highest BCUT2D eigenvalue weighted by Crippen LogP contribution is 2.21. The van der Waals surface area contributed by atoms with Crippen molar-refractivity contribution in [2.45, 2.75) is 38.8 Å². The number of aromatic amines is 1. The maximum Gasteiger partial charge on any atom is 0.243 e. The number of para-hydroxylation sites is 1. The van der Waals surface area contributed by atoms with E-state index >= 15 is 0 Å². The molecule has 0 spiro atoms. The SMILES string of the molecule is CC(=O)N[C@H](Cc1c[nH]c2ccccc12)C(=O)N[C@@H](CC(=O)[O-])c1ccc(C)cc1. The van der Waals surface area contributed by atoms with Crippen LogP contribution in [0.25, 0.3) is 10.9 Å². The van der Waals surface area contributed by atoms with Crippen LogP contribution in [0, 0.1) is 6.92 Å². The van der Waals surface area contributed by atoms with E-state index in [1.807, 2.05) is 49.5 Å². The summed E-state index contributed by atoms with van der Waals surface area (Å²) in [5, 5.41) is 17.6. The average molecular weight is 406 g/mol. The molecular formula is C23H24N3O4-. The number of nitrogens with one attached hydrogen (secondary N) is 3. The van der Waals surface area contributed by atoms with Gasteiger partial charge in [-0.3, -0.25) is 9.59 Å². The molecule has 3 aromatic rings. The van der Waals surface area contributed by atoms with Gasteiger partial charge in [-0.05, 0) is 24.1 Å². The molecule has 0 saturated heterocycles. The zero-order valence-corrected chi connectivity index (χ0v) is 16.9. The molecule has 0 saturated carbocycles. The molecule has 156 valence electrons. The summed E-state index contributed by atoms with van der Waals surface area (Å²) in [5.41, 5.74) is 3.50. The molecule has 2 atom stereocenters. The van der Waals surface area contributed by atoms with Gasteiger partial charge in [0.25, 0.3) is 0 Å². The zero-order chi connectivity index (χ0) is 21.7. The summed E-state index contributed by atoms with van der Waals surface area (Å²) >= 11 is 0. The second kappa shape index (κ2) is 9.26. The van der Waals surface area contributed by atoms with Crippen molar-refractivity contribution in [3.8, 4) is 0 Å². The maximum atomic E-state index is 13.0. The number of aliphatic carboxylic acids is 1. The molecule has 0 aliphatic heterocycles. The fourth-order valence-corrected chi connectivity index (χ4v) is 3.47. The Kier molecular flexibility index (Phi) is 6.51. The molecule has 0 unspecified atom stereocenters. The summed E-state index contributed by atoms with van der Waals surface area (Å²) < 4.78 is 0. The van der Waals surface area contributed by atoms with Gasteiger partial charge >= 0.3 is 0 Å². The molecule has 2 amide bonds. The Morgan fingerprint density at radius 3 is 2.40 bits per heavy atom. The highest BCUT2D eigenvalue weighted by Gasteiger charge is 2.24. The van der Waals surface area contributed by atoms with Gasteiger partial charge in [0.15, 0.2) is 0 Å². The van der Waals surface area contributed by atoms with Gasteiger partial charge in [0, 0.05) is 42.8 Å². The van der Waals surface area contributed by atoms with Crippen molar-refractivity contribution in [1.82, 2.24) is 15.6 Å². The Labute approximate surface area is 174 Å². The van der Waals surface area contributed by atoms with Crippen LogP contribution in [0.4, 0.5) is 0 Å². The van der Waals surface area contributed by atoms with Crippen LogP contribution in [0.5, 0.6) is 0 Å². The number of carboxylic acids is 1. The fourth-order valence-electron chi connectivity index (χ4n) is 3.47. The summed E-state index contributed by atoms with van der Waals surface area (Å²) in [7, 11) is 0. The third-order valence-electron chi connectivity index (χ3n) is 4.96. The summed E-state index contributed by atoms with van der Waals surface area (Å²) in [4.78, 5) is 39.1. The van der Waals surface area contributed by atoms with E-state index in [2.05, 4.69) is 15.6 Å². The molecule has 1 aromatic heterocycles. The number of amides is 2. The first-order valence-electron chi connectivity index (χ1n) is 9.72. The number of carbonyl (C=O) groups excluding carboxylic acids is 3. The van der Waals surface area contributed by atoms with Crippen molar-refractivity contribution in [3.05, 3.63) is 71.4 Å². The third-order valence-corrected chi connectivity index (χ3v) is 4.96. The Hall–Kier alpha value is -3.61. The minimum atomic E-state index is -1.27. The predicted octanol–water partition coefficient (Wildman–Crippen LogP) is 1.52. The number of aryl methyl sites for hydroxylation is 1. The second-order valence-corrected chi connectivity index (χ2v) is 7.36. The van der Waals surface area contributed by atoms with Crippen molar-refractivity contribution < 1.29 is 19.5 Å². The van der Waals surface area contributed by atoms with Gasteiger partial charge in [-0.15, -0.1) is 0 Å². The minimum absolute atomic E-state index is 0.265. The highest BCUT2D eigenvalue weighted by molar-refractivity contribution is 5.89. The zero-order valence-electron chi connectivity index (χ0n) is 16.9. The smallest absolute Gasteiger partial charge is 0.243 e. The molecule has 1 heterocycles. The lowest BCUT2D eigenvalue weighted by atomic mass is 10.00. The van der Waals surface area contributed by atoms with Crippen LogP contribution in [-0.2, 0) is 20.8 Å². The molecule has 0 fully saturated rings. The maximum absolute atomic E-state index is 13.0. The third kappa shape index (κ3) is 5.26. The Morgan fingerprint density at radius 1 is 1.03 bits per heavy atom. The van der Waals surface area contributed by atoms with Gasteiger partial charge in [-0.1, -0.05) is 48.0 Å². The van der Waals surface area contributed by atoms with E-state index in [0.29, 0.717) is 5.56 Å². The van der Waals surface area contributed by atoms with E-state index in [1.165, 1.54) is 6.92 Å². The standard InChI is InChI=1S/C23H25N3O4/c1-14-7-9-16(10-8-14)20(12-22(28)29)26-23(30)21(25-15(2)27)11-17-13-24-19-6-4-3-5-18(17)19/h3-10,13,20-21,24H,11-12H2,1-2H3,(H,25,27)(H,26,30)(H,28,29)/p-1/t20-,21+/m0/s1. The summed E-state index contributed by atoms with van der Waals surface area (Å²) in [6.07, 6.45) is 1.71. The second-order valence-electron chi connectivity index (χ2n) is 7.36. The largest absolute Gasteiger partial charge is 0.550 e. The predicted molar refractivity (Wildman–Crippen MR) is 111 cm³/mol. The van der Waals surface area contributed by atoms with Gasteiger partial charge < -0.3 is 25.5 Å². The van der Waals surface area contributed by atoms with Gasteiger partial charge in [0.1, 0.15) is 6.04 Å². The van der Waals surface area contributed by atoms with Gasteiger partial charge in [0.05, 0.1) is 6.04 Å². The Morgan fingerprint density at radius 2 is 1.73 bits per heavy atom. The van der Waals surface area contributed by atoms with Crippen LogP contribution in [0.15, 0.2) is 54.7 Å². The van der Waals surface area contributed by atoms with Crippen LogP contribution in [0.1, 0.15) is 36.1 Å². The van der Waals surface area contributed by atoms with Crippen LogP contribution < -0.4 is 15.7 Å². The molecule has 0 aliphatic rings. The number of aromatic nitrogens is 1. The molecular weight excluding hydrogens is 382 g/mol. The lowest BCUT2D eigenvalue weighted by molar-refractivity contribution is -0.306. The van der Waals surface area contributed by atoms with E-state index < -0.39 is 24.0 Å². The Balaban J connectivity index is 1.83. The van der Waals surface area contributed by atoms with E-state index in [-0.39, 0.29) is 18.7 Å². The fraction of sp³-hybridized carbons (Fsp3) is 0.261. The molecule has 7 heteroatoms. The minimum Gasteiger partial charge on any atom is -0.550 e. The number of H-pyrrole nitrogens is 1. The molecule has 3 N–H and O–H groups in total. The van der Waals surface area contributed by atoms with E-state index in [9.17, 15) is 19.5 Å². The number of hydrogen-bond acceptors (Lipinski definition) is 4. The first-order valence-corrected chi connectivity index (χ1v) is 9.72. The quantitative estimate of drug-likeness (QED) is 0.526. The number of rotatable bonds is 8. The number of benzene rings is 2. The first kappa shape index (κ1) is 21.1. The van der Waals surface area contributed by atoms with E-state index in [0.717, 1.165) is 22.0 Å². The molecule has 0 aliphatic carbocycles. The average Bonchev–Trinajstić information content (AvgIpc) is 3.10. The van der Waals surface area contributed by atoms with Crippen LogP contribution in [0.2, 0.25) is 0 Å². The monoisotopic (exact) mass is 406 g/mol. The summed E-state index contributed by atoms with van der Waals surface area (Å²) in [6, 6.07) is 13.3. The Bertz CT molecular complexity index is 1060. The van der Waals surface area contributed by atoms with Crippen molar-refractivity contribution in [1.29, 1.82) is 0 Å². The number of carbonyl (C=O) groups is 3. The van der Waals surface area contributed by atoms with Gasteiger partial charge in [-0.25, -0.2) is 0 Å². The lowest BCUT2D eigenvalue weighted by Crippen LogP contribution is -2.48. The number of carboxylic acid groups (broad SMARTS) is 1. The number of fused-ring (bicyclic) bond motifs is 1. The van der Waals surface area contributed by atoms with Crippen molar-refractivity contribution in [3.63, 3.8) is 0 Å². The molecule has 3 rings (SSSR count). The van der Waals surface area contributed by atoms with Gasteiger partial charge in [-0.2, -0.15) is 0 Å². The van der Waals surface area contributed by atoms with Crippen molar-refractivity contribution in [2.75, 3.05) is 0 Å². The topological polar surface area (TPSA) is 114 Å². The van der Waals surface area contributed by atoms with Crippen molar-refractivity contribution in [2.24, 2.45) is 0 Å². The highest BCUT2D eigenvalue weighted by atomic mass is 16.4. The molecule has 30 heavy (non-hydrogen) atoms. The summed E-state index contributed by atoms with van der Waals surface area (Å²) in [5.74, 6) is -2.07. The van der Waals surface area contributed by atoms with Gasteiger partial charge in [0.2, 0.25) is 11.8 Å². The summed E-state index contributed by atoms with van der Waals surface area (Å²) in [6.45, 7) is 3.26. The van der Waals surface area contributed by atoms with Crippen LogP contribution in [-0.4, -0.2) is 28.8 Å². The lowest BCUT2D eigenvalue weighted by Gasteiger charge is -2.24. The van der Waals surface area contributed by atoms with E-state index in [1.54, 1.807) is 12.1 Å².